The predicted molar refractivity (Wildman–Crippen MR) is 245 cm³/mol. The molecule has 5 aromatic carbocycles. The Hall–Kier alpha value is -5.36. The minimum Gasteiger partial charge on any atom is -0.507 e. The smallest absolute Gasteiger partial charge is 0.344 e. The van der Waals surface area contributed by atoms with Crippen LogP contribution in [-0.2, 0) is 34.5 Å². The predicted octanol–water partition coefficient (Wildman–Crippen LogP) is 13.1. The minimum atomic E-state index is -0.693. The molecule has 0 atom stereocenters. The molecule has 0 saturated heterocycles. The van der Waals surface area contributed by atoms with Crippen LogP contribution in [0.4, 0.5) is 0 Å². The van der Waals surface area contributed by atoms with Gasteiger partial charge in [0.05, 0.1) is 11.1 Å². The number of aromatic hydroxyl groups is 2. The van der Waals surface area contributed by atoms with Crippen molar-refractivity contribution in [3.05, 3.63) is 151 Å². The lowest BCUT2D eigenvalue weighted by Crippen LogP contribution is -2.22. The Morgan fingerprint density at radius 3 is 0.983 bits per heavy atom. The highest BCUT2D eigenvalue weighted by molar-refractivity contribution is 6.04. The van der Waals surface area contributed by atoms with Gasteiger partial charge < -0.3 is 19.7 Å². The van der Waals surface area contributed by atoms with Crippen molar-refractivity contribution in [2.24, 2.45) is 0 Å². The third-order valence-corrected chi connectivity index (χ3v) is 11.0. The Balaban J connectivity index is 1.59. The molecule has 60 heavy (non-hydrogen) atoms. The van der Waals surface area contributed by atoms with Crippen molar-refractivity contribution in [2.45, 2.75) is 145 Å². The molecule has 0 fully saturated rings. The molecule has 0 heterocycles. The van der Waals surface area contributed by atoms with Gasteiger partial charge in [-0.25, -0.2) is 9.59 Å². The fourth-order valence-corrected chi connectivity index (χ4v) is 7.98. The highest BCUT2D eigenvalue weighted by atomic mass is 16.5. The van der Waals surface area contributed by atoms with Crippen molar-refractivity contribution in [1.82, 2.24) is 0 Å². The van der Waals surface area contributed by atoms with Crippen molar-refractivity contribution in [2.75, 3.05) is 0 Å². The van der Waals surface area contributed by atoms with Gasteiger partial charge in [-0.1, -0.05) is 166 Å². The number of aryl methyl sites for hydroxylation is 4. The molecule has 0 aliphatic rings. The van der Waals surface area contributed by atoms with Gasteiger partial charge in [0.1, 0.15) is 23.0 Å². The summed E-state index contributed by atoms with van der Waals surface area (Å²) in [7, 11) is 0. The van der Waals surface area contributed by atoms with Gasteiger partial charge in [0.25, 0.3) is 0 Å². The molecule has 0 saturated carbocycles. The number of rotatable bonds is 8. The van der Waals surface area contributed by atoms with Crippen LogP contribution in [0.15, 0.2) is 72.8 Å². The van der Waals surface area contributed by atoms with Crippen molar-refractivity contribution in [3.63, 3.8) is 0 Å². The zero-order chi connectivity index (χ0) is 44.9. The summed E-state index contributed by atoms with van der Waals surface area (Å²) >= 11 is 0. The summed E-state index contributed by atoms with van der Waals surface area (Å²) in [5.41, 5.74) is 9.15. The van der Waals surface area contributed by atoms with Crippen LogP contribution in [0.1, 0.15) is 171 Å². The normalized spacial score (nSPS) is 12.4. The summed E-state index contributed by atoms with van der Waals surface area (Å²) in [5, 5.41) is 23.1. The first kappa shape index (κ1) is 45.7. The third-order valence-electron chi connectivity index (χ3n) is 11.0. The van der Waals surface area contributed by atoms with E-state index in [2.05, 4.69) is 83.1 Å². The molecule has 5 rings (SSSR count). The SMILES string of the molecule is Cc1cc(Cc2cc(C)cc(C(C)(C)C)c2OC(=O)c2ccccc2C(=O)Oc2c(Cc3cc(C)cc(C(C)(C)C)c3O)cc(C)cc2C(C)(C)C)c(O)c(C(C)(C)C)c1. The molecule has 0 aliphatic carbocycles. The van der Waals surface area contributed by atoms with Crippen molar-refractivity contribution < 1.29 is 29.3 Å². The maximum Gasteiger partial charge on any atom is 0.344 e. The first-order valence-electron chi connectivity index (χ1n) is 21.0. The molecule has 6 nitrogen and oxygen atoms in total. The fourth-order valence-electron chi connectivity index (χ4n) is 7.98. The zero-order valence-corrected chi connectivity index (χ0v) is 38.9. The monoisotopic (exact) mass is 810 g/mol. The van der Waals surface area contributed by atoms with Crippen molar-refractivity contribution in [1.29, 1.82) is 0 Å². The summed E-state index contributed by atoms with van der Waals surface area (Å²) in [6.45, 7) is 33.0. The topological polar surface area (TPSA) is 93.1 Å². The van der Waals surface area contributed by atoms with Gasteiger partial charge >= 0.3 is 11.9 Å². The molecule has 0 radical (unpaired) electrons. The highest BCUT2D eigenvalue weighted by Gasteiger charge is 2.31. The molecule has 0 unspecified atom stereocenters. The Morgan fingerprint density at radius 1 is 0.433 bits per heavy atom. The maximum absolute atomic E-state index is 14.5. The second kappa shape index (κ2) is 16.6. The number of benzene rings is 5. The maximum atomic E-state index is 14.5. The van der Waals surface area contributed by atoms with Crippen LogP contribution in [0.2, 0.25) is 0 Å². The number of carbonyl (C=O) groups excluding carboxylic acids is 2. The third kappa shape index (κ3) is 10.1. The largest absolute Gasteiger partial charge is 0.507 e. The quantitative estimate of drug-likeness (QED) is 0.120. The number of esters is 2. The molecular formula is C54H66O6. The van der Waals surface area contributed by atoms with Crippen molar-refractivity contribution in [3.8, 4) is 23.0 Å². The molecule has 0 spiro atoms. The van der Waals surface area contributed by atoms with Gasteiger partial charge in [-0.15, -0.1) is 0 Å². The van der Waals surface area contributed by atoms with Gasteiger partial charge in [0, 0.05) is 35.1 Å². The Morgan fingerprint density at radius 2 is 0.700 bits per heavy atom. The lowest BCUT2D eigenvalue weighted by Gasteiger charge is -2.27. The van der Waals surface area contributed by atoms with Crippen LogP contribution in [0.5, 0.6) is 23.0 Å². The van der Waals surface area contributed by atoms with E-state index in [0.717, 1.165) is 66.8 Å². The van der Waals surface area contributed by atoms with Crippen molar-refractivity contribution >= 4 is 11.9 Å². The standard InChI is InChI=1S/C54H66O6/c1-31-21-35(45(55)41(25-31)51(5,6)7)29-37-23-33(3)27-43(53(11,12)13)47(37)59-49(57)39-19-17-18-20-40(39)50(58)60-48-38(24-34(4)28-44(48)54(14,15)16)30-36-22-32(2)26-42(46(36)56)52(8,9)10/h17-28,55-56H,29-30H2,1-16H3. The van der Waals surface area contributed by atoms with Crippen LogP contribution in [-0.4, -0.2) is 22.2 Å². The van der Waals surface area contributed by atoms with E-state index in [-0.39, 0.29) is 33.5 Å². The van der Waals surface area contributed by atoms with Crippen LogP contribution >= 0.6 is 0 Å². The van der Waals surface area contributed by atoms with E-state index in [4.69, 9.17) is 9.47 Å². The molecule has 6 heteroatoms. The summed E-state index contributed by atoms with van der Waals surface area (Å²) in [5.74, 6) is -0.113. The fraction of sp³-hybridized carbons (Fsp3) is 0.407. The van der Waals surface area contributed by atoms with Gasteiger partial charge in [-0.05, 0) is 83.7 Å². The average molecular weight is 811 g/mol. The first-order chi connectivity index (χ1) is 27.6. The van der Waals surface area contributed by atoms with Gasteiger partial charge in [0.2, 0.25) is 0 Å². The van der Waals surface area contributed by atoms with Crippen LogP contribution < -0.4 is 9.47 Å². The van der Waals surface area contributed by atoms with Gasteiger partial charge in [-0.3, -0.25) is 0 Å². The number of phenols is 2. The Kier molecular flexibility index (Phi) is 12.6. The number of phenolic OH excluding ortho intramolecular Hbond substituents is 2. The van der Waals surface area contributed by atoms with E-state index < -0.39 is 22.8 Å². The minimum absolute atomic E-state index is 0.0689. The molecule has 0 amide bonds. The Labute approximate surface area is 359 Å². The molecule has 0 aliphatic heterocycles. The molecule has 5 aromatic rings. The van der Waals surface area contributed by atoms with Crippen LogP contribution in [0.25, 0.3) is 0 Å². The Bertz CT molecular complexity index is 2280. The van der Waals surface area contributed by atoms with Crippen LogP contribution in [0, 0.1) is 27.7 Å². The lowest BCUT2D eigenvalue weighted by molar-refractivity contribution is 0.0687. The van der Waals surface area contributed by atoms with Crippen LogP contribution in [0.3, 0.4) is 0 Å². The second-order valence-electron chi connectivity index (χ2n) is 20.9. The second-order valence-corrected chi connectivity index (χ2v) is 20.9. The molecule has 318 valence electrons. The van der Waals surface area contributed by atoms with E-state index in [1.165, 1.54) is 0 Å². The number of carbonyl (C=O) groups is 2. The lowest BCUT2D eigenvalue weighted by atomic mass is 9.81. The summed E-state index contributed by atoms with van der Waals surface area (Å²) < 4.78 is 12.9. The van der Waals surface area contributed by atoms with E-state index >= 15 is 0 Å². The van der Waals surface area contributed by atoms with E-state index in [1.807, 2.05) is 76.2 Å². The number of hydrogen-bond acceptors (Lipinski definition) is 6. The summed E-state index contributed by atoms with van der Waals surface area (Å²) in [4.78, 5) is 29.0. The van der Waals surface area contributed by atoms with Gasteiger partial charge in [-0.2, -0.15) is 0 Å². The first-order valence-corrected chi connectivity index (χ1v) is 21.0. The summed E-state index contributed by atoms with van der Waals surface area (Å²) in [6, 6.07) is 22.7. The molecular weight excluding hydrogens is 745 g/mol. The molecule has 0 aromatic heterocycles. The van der Waals surface area contributed by atoms with E-state index in [0.29, 0.717) is 24.3 Å². The zero-order valence-electron chi connectivity index (χ0n) is 38.9. The number of ether oxygens (including phenoxy) is 2. The van der Waals surface area contributed by atoms with E-state index in [9.17, 15) is 19.8 Å². The van der Waals surface area contributed by atoms with Gasteiger partial charge in [0.15, 0.2) is 0 Å². The van der Waals surface area contributed by atoms with E-state index in [1.54, 1.807) is 24.3 Å². The number of hydrogen-bond donors (Lipinski definition) is 2. The molecule has 2 N–H and O–H groups in total. The average Bonchev–Trinajstić information content (AvgIpc) is 3.11. The molecule has 0 bridgehead atoms. The highest BCUT2D eigenvalue weighted by Crippen LogP contribution is 2.43. The summed E-state index contributed by atoms with van der Waals surface area (Å²) in [6.07, 6.45) is 0.653.